The van der Waals surface area contributed by atoms with Crippen molar-refractivity contribution < 1.29 is 61.1 Å². The summed E-state index contributed by atoms with van der Waals surface area (Å²) >= 11 is 0. The number of alkyl halides is 3. The van der Waals surface area contributed by atoms with E-state index in [-0.39, 0.29) is 51.9 Å². The van der Waals surface area contributed by atoms with E-state index in [4.69, 9.17) is 23.7 Å². The van der Waals surface area contributed by atoms with Crippen molar-refractivity contribution in [3.63, 3.8) is 0 Å². The maximum absolute atomic E-state index is 13.6. The largest absolute Gasteiger partial charge is 0.519 e. The van der Waals surface area contributed by atoms with Gasteiger partial charge in [-0.3, -0.25) is 4.79 Å². The second-order valence-electron chi connectivity index (χ2n) is 12.0. The van der Waals surface area contributed by atoms with Gasteiger partial charge in [0.25, 0.3) is 0 Å². The third kappa shape index (κ3) is 14.4. The number of rotatable bonds is 21. The predicted octanol–water partition coefficient (Wildman–Crippen LogP) is 9.97. The molecular formula is C39H45F3O10. The highest BCUT2D eigenvalue weighted by atomic mass is 19.4. The van der Waals surface area contributed by atoms with Gasteiger partial charge >= 0.3 is 30.2 Å². The molecule has 3 rings (SSSR count). The minimum Gasteiger partial charge on any atom is -0.478 e. The molecule has 0 aliphatic carbocycles. The van der Waals surface area contributed by atoms with Crippen molar-refractivity contribution in [1.82, 2.24) is 0 Å². The number of carboxylic acids is 1. The normalized spacial score (nSPS) is 11.8. The first-order valence-electron chi connectivity index (χ1n) is 17.4. The molecule has 0 aromatic heterocycles. The van der Waals surface area contributed by atoms with Crippen LogP contribution in [0.15, 0.2) is 66.7 Å². The number of hydrogen-bond acceptors (Lipinski definition) is 9. The average molecular weight is 731 g/mol. The Morgan fingerprint density at radius 3 is 1.94 bits per heavy atom. The number of ether oxygens (including phenoxy) is 5. The van der Waals surface area contributed by atoms with E-state index in [1.165, 1.54) is 73.2 Å². The number of carboxylic acid groups (broad SMARTS) is 1. The summed E-state index contributed by atoms with van der Waals surface area (Å²) in [7, 11) is 0. The fourth-order valence-corrected chi connectivity index (χ4v) is 5.16. The number of halogens is 3. The van der Waals surface area contributed by atoms with Gasteiger partial charge in [0.15, 0.2) is 6.10 Å². The lowest BCUT2D eigenvalue weighted by molar-refractivity contribution is -0.206. The van der Waals surface area contributed by atoms with E-state index in [9.17, 15) is 37.5 Å². The van der Waals surface area contributed by atoms with Crippen LogP contribution < -0.4 is 14.2 Å². The van der Waals surface area contributed by atoms with Crippen molar-refractivity contribution in [2.75, 3.05) is 13.2 Å². The van der Waals surface area contributed by atoms with Crippen molar-refractivity contribution in [3.8, 4) is 28.4 Å². The van der Waals surface area contributed by atoms with Crippen molar-refractivity contribution in [2.24, 2.45) is 0 Å². The molecule has 1 N–H and O–H groups in total. The van der Waals surface area contributed by atoms with Gasteiger partial charge in [-0.1, -0.05) is 57.6 Å². The molecule has 3 aromatic rings. The van der Waals surface area contributed by atoms with Crippen LogP contribution >= 0.6 is 0 Å². The fraction of sp³-hybridized carbons (Fsp3) is 0.436. The topological polar surface area (TPSA) is 135 Å². The van der Waals surface area contributed by atoms with Crippen LogP contribution in [-0.2, 0) is 14.3 Å². The van der Waals surface area contributed by atoms with Crippen LogP contribution in [0.25, 0.3) is 11.1 Å². The first-order chi connectivity index (χ1) is 24.9. The number of esters is 2. The molecule has 0 aliphatic heterocycles. The molecule has 1 atom stereocenters. The SMILES string of the molecule is CCCCCCCCC(=O)Oc1ccc(OC(=O)Oc2ccc(C(=O)O)c(-c3ccc(C(=O)O[C@H](CCCCCOCC)C(F)(F)F)cc3)c2)cc1. The van der Waals surface area contributed by atoms with E-state index in [0.717, 1.165) is 32.1 Å². The van der Waals surface area contributed by atoms with Gasteiger partial charge in [-0.2, -0.15) is 13.2 Å². The molecule has 0 amide bonds. The van der Waals surface area contributed by atoms with Crippen LogP contribution in [0.2, 0.25) is 0 Å². The molecule has 0 fully saturated rings. The minimum absolute atomic E-state index is 0.0667. The van der Waals surface area contributed by atoms with Crippen molar-refractivity contribution >= 4 is 24.1 Å². The molecule has 282 valence electrons. The summed E-state index contributed by atoms with van der Waals surface area (Å²) in [6, 6.07) is 14.6. The van der Waals surface area contributed by atoms with Gasteiger partial charge in [0, 0.05) is 19.6 Å². The third-order valence-electron chi connectivity index (χ3n) is 7.92. The maximum atomic E-state index is 13.6. The molecule has 10 nitrogen and oxygen atoms in total. The second kappa shape index (κ2) is 21.5. The van der Waals surface area contributed by atoms with Gasteiger partial charge in [0.1, 0.15) is 17.2 Å². The smallest absolute Gasteiger partial charge is 0.478 e. The monoisotopic (exact) mass is 730 g/mol. The highest BCUT2D eigenvalue weighted by molar-refractivity contribution is 5.97. The first-order valence-corrected chi connectivity index (χ1v) is 17.4. The summed E-state index contributed by atoms with van der Waals surface area (Å²) < 4.78 is 66.6. The van der Waals surface area contributed by atoms with Crippen LogP contribution in [0.1, 0.15) is 105 Å². The lowest BCUT2D eigenvalue weighted by atomic mass is 9.98. The average Bonchev–Trinajstić information content (AvgIpc) is 3.11. The quantitative estimate of drug-likeness (QED) is 0.0488. The number of benzene rings is 3. The molecular weight excluding hydrogens is 685 g/mol. The van der Waals surface area contributed by atoms with Crippen LogP contribution in [0.5, 0.6) is 17.2 Å². The number of carbonyl (C=O) groups excluding carboxylic acids is 3. The number of unbranched alkanes of at least 4 members (excludes halogenated alkanes) is 7. The first kappa shape index (κ1) is 41.5. The molecule has 0 aliphatic rings. The van der Waals surface area contributed by atoms with Crippen LogP contribution in [0.3, 0.4) is 0 Å². The van der Waals surface area contributed by atoms with E-state index < -0.39 is 36.8 Å². The Bertz CT molecular complexity index is 1590. The zero-order valence-electron chi connectivity index (χ0n) is 29.4. The summed E-state index contributed by atoms with van der Waals surface area (Å²) in [5.41, 5.74) is 0.0427. The second-order valence-corrected chi connectivity index (χ2v) is 12.0. The molecule has 0 radical (unpaired) electrons. The van der Waals surface area contributed by atoms with Gasteiger partial charge in [0.05, 0.1) is 11.1 Å². The highest BCUT2D eigenvalue weighted by Gasteiger charge is 2.42. The Morgan fingerprint density at radius 1 is 0.712 bits per heavy atom. The van der Waals surface area contributed by atoms with E-state index in [1.807, 2.05) is 6.92 Å². The minimum atomic E-state index is -4.75. The van der Waals surface area contributed by atoms with E-state index in [2.05, 4.69) is 6.92 Å². The molecule has 52 heavy (non-hydrogen) atoms. The highest BCUT2D eigenvalue weighted by Crippen LogP contribution is 2.31. The Labute approximate surface area is 301 Å². The molecule has 0 saturated carbocycles. The molecule has 0 unspecified atom stereocenters. The molecule has 13 heteroatoms. The lowest BCUT2D eigenvalue weighted by Crippen LogP contribution is -2.33. The zero-order valence-corrected chi connectivity index (χ0v) is 29.4. The van der Waals surface area contributed by atoms with E-state index in [0.29, 0.717) is 32.5 Å². The standard InChI is InChI=1S/C39H45F3O10/c1-3-5-6-7-8-11-14-35(43)49-29-19-21-30(22-20-29)50-38(47)51-31-23-24-32(36(44)45)33(26-31)27-15-17-28(18-16-27)37(46)52-34(39(40,41)42)13-10-9-12-25-48-4-2/h15-24,26,34H,3-14,25H2,1-2H3,(H,44,45)/t34-/m1/s1. The summed E-state index contributed by atoms with van der Waals surface area (Å²) in [6.45, 7) is 4.92. The summed E-state index contributed by atoms with van der Waals surface area (Å²) in [4.78, 5) is 49.3. The Balaban J connectivity index is 1.60. The zero-order chi connectivity index (χ0) is 37.9. The number of hydrogen-bond donors (Lipinski definition) is 1. The molecule has 0 heterocycles. The number of carbonyl (C=O) groups is 4. The summed E-state index contributed by atoms with van der Waals surface area (Å²) in [6.07, 6.45) is -0.740. The van der Waals surface area contributed by atoms with Gasteiger partial charge in [-0.15, -0.1) is 0 Å². The molecule has 0 spiro atoms. The van der Waals surface area contributed by atoms with Crippen LogP contribution in [-0.4, -0.2) is 54.7 Å². The molecule has 0 bridgehead atoms. The summed E-state index contributed by atoms with van der Waals surface area (Å²) in [5.74, 6) is -2.52. The van der Waals surface area contributed by atoms with Crippen LogP contribution in [0.4, 0.5) is 18.0 Å². The Morgan fingerprint density at radius 2 is 1.31 bits per heavy atom. The van der Waals surface area contributed by atoms with E-state index >= 15 is 0 Å². The maximum Gasteiger partial charge on any atom is 0.519 e. The van der Waals surface area contributed by atoms with Crippen LogP contribution in [0, 0.1) is 0 Å². The number of aromatic carboxylic acids is 1. The Kier molecular flexibility index (Phi) is 17.1. The Hall–Kier alpha value is -4.91. The summed E-state index contributed by atoms with van der Waals surface area (Å²) in [5, 5.41) is 9.75. The van der Waals surface area contributed by atoms with Crippen molar-refractivity contribution in [1.29, 1.82) is 0 Å². The predicted molar refractivity (Wildman–Crippen MR) is 186 cm³/mol. The molecule has 3 aromatic carbocycles. The van der Waals surface area contributed by atoms with E-state index in [1.54, 1.807) is 0 Å². The lowest BCUT2D eigenvalue weighted by Gasteiger charge is -2.21. The van der Waals surface area contributed by atoms with Crippen molar-refractivity contribution in [3.05, 3.63) is 77.9 Å². The third-order valence-corrected chi connectivity index (χ3v) is 7.92. The van der Waals surface area contributed by atoms with Gasteiger partial charge in [0.2, 0.25) is 0 Å². The van der Waals surface area contributed by atoms with Gasteiger partial charge in [-0.25, -0.2) is 14.4 Å². The van der Waals surface area contributed by atoms with Gasteiger partial charge < -0.3 is 28.8 Å². The van der Waals surface area contributed by atoms with Crippen molar-refractivity contribution in [2.45, 2.75) is 96.8 Å². The molecule has 0 saturated heterocycles. The fourth-order valence-electron chi connectivity index (χ4n) is 5.16. The van der Waals surface area contributed by atoms with Gasteiger partial charge in [-0.05, 0) is 98.3 Å².